The summed E-state index contributed by atoms with van der Waals surface area (Å²) < 4.78 is 6.04. The Morgan fingerprint density at radius 3 is 2.46 bits per heavy atom. The third kappa shape index (κ3) is 4.72. The van der Waals surface area contributed by atoms with Crippen LogP contribution >= 0.6 is 23.2 Å². The molecule has 0 aromatic heterocycles. The molecule has 3 aromatic carbocycles. The molecule has 2 nitrogen and oxygen atoms in total. The van der Waals surface area contributed by atoms with Crippen LogP contribution in [0.1, 0.15) is 22.3 Å². The molecule has 3 rings (SSSR count). The molecule has 0 unspecified atom stereocenters. The van der Waals surface area contributed by atoms with Crippen molar-refractivity contribution in [3.8, 4) is 5.75 Å². The molecule has 0 aliphatic carbocycles. The number of ether oxygens (including phenoxy) is 1. The van der Waals surface area contributed by atoms with Gasteiger partial charge in [-0.25, -0.2) is 0 Å². The highest BCUT2D eigenvalue weighted by Crippen LogP contribution is 2.27. The summed E-state index contributed by atoms with van der Waals surface area (Å²) in [7, 11) is 0. The number of aryl methyl sites for hydroxylation is 1. The number of nitrogens with one attached hydrogen (secondary N) is 1. The average molecular weight is 386 g/mol. The summed E-state index contributed by atoms with van der Waals surface area (Å²) in [6, 6.07) is 19.9. The lowest BCUT2D eigenvalue weighted by atomic mass is 10.1. The van der Waals surface area contributed by atoms with E-state index in [1.54, 1.807) is 0 Å². The van der Waals surface area contributed by atoms with Crippen LogP contribution in [0.15, 0.2) is 60.7 Å². The van der Waals surface area contributed by atoms with Gasteiger partial charge in [0.05, 0.1) is 0 Å². The molecular weight excluding hydrogens is 365 g/mol. The van der Waals surface area contributed by atoms with Crippen LogP contribution < -0.4 is 10.1 Å². The van der Waals surface area contributed by atoms with Crippen molar-refractivity contribution in [2.45, 2.75) is 27.0 Å². The standard InChI is InChI=1S/C22H21Cl2NO/c1-15-6-8-17(9-7-15)14-26-22-11-10-19(23)12-18(22)13-25-21-5-3-4-20(24)16(21)2/h3-12,25H,13-14H2,1-2H3. The van der Waals surface area contributed by atoms with E-state index in [0.29, 0.717) is 18.2 Å². The van der Waals surface area contributed by atoms with Gasteiger partial charge in [0, 0.05) is 27.8 Å². The normalized spacial score (nSPS) is 10.6. The molecule has 1 N–H and O–H groups in total. The summed E-state index contributed by atoms with van der Waals surface area (Å²) >= 11 is 12.4. The lowest BCUT2D eigenvalue weighted by molar-refractivity contribution is 0.303. The third-order valence-corrected chi connectivity index (χ3v) is 4.92. The van der Waals surface area contributed by atoms with Crippen LogP contribution in [0.5, 0.6) is 5.75 Å². The Balaban J connectivity index is 1.73. The Labute approximate surface area is 164 Å². The molecular formula is C22H21Cl2NO. The molecule has 0 radical (unpaired) electrons. The molecule has 134 valence electrons. The monoisotopic (exact) mass is 385 g/mol. The number of hydrogen-bond donors (Lipinski definition) is 1. The van der Waals surface area contributed by atoms with Gasteiger partial charge < -0.3 is 10.1 Å². The lowest BCUT2D eigenvalue weighted by Crippen LogP contribution is -2.05. The first kappa shape index (κ1) is 18.6. The largest absolute Gasteiger partial charge is 0.489 e. The third-order valence-electron chi connectivity index (χ3n) is 4.27. The van der Waals surface area contributed by atoms with Crippen LogP contribution in [-0.2, 0) is 13.2 Å². The molecule has 0 bridgehead atoms. The number of halogens is 2. The smallest absolute Gasteiger partial charge is 0.124 e. The van der Waals surface area contributed by atoms with Gasteiger partial charge in [0.25, 0.3) is 0 Å². The highest BCUT2D eigenvalue weighted by atomic mass is 35.5. The summed E-state index contributed by atoms with van der Waals surface area (Å²) in [6.07, 6.45) is 0. The van der Waals surface area contributed by atoms with Crippen LogP contribution in [0.25, 0.3) is 0 Å². The van der Waals surface area contributed by atoms with E-state index >= 15 is 0 Å². The Morgan fingerprint density at radius 2 is 1.69 bits per heavy atom. The second-order valence-electron chi connectivity index (χ2n) is 6.29. The summed E-state index contributed by atoms with van der Waals surface area (Å²) in [5.41, 5.74) is 5.40. The minimum absolute atomic E-state index is 0.519. The molecule has 0 aliphatic rings. The van der Waals surface area contributed by atoms with Gasteiger partial charge in [-0.1, -0.05) is 59.1 Å². The second-order valence-corrected chi connectivity index (χ2v) is 7.14. The fourth-order valence-electron chi connectivity index (χ4n) is 2.66. The highest BCUT2D eigenvalue weighted by Gasteiger charge is 2.08. The van der Waals surface area contributed by atoms with Gasteiger partial charge in [0.15, 0.2) is 0 Å². The first-order valence-corrected chi connectivity index (χ1v) is 9.24. The minimum Gasteiger partial charge on any atom is -0.489 e. The highest BCUT2D eigenvalue weighted by molar-refractivity contribution is 6.31. The van der Waals surface area contributed by atoms with Gasteiger partial charge in [0.2, 0.25) is 0 Å². The summed E-state index contributed by atoms with van der Waals surface area (Å²) in [5.74, 6) is 0.821. The van der Waals surface area contributed by atoms with Gasteiger partial charge >= 0.3 is 0 Å². The summed E-state index contributed by atoms with van der Waals surface area (Å²) in [4.78, 5) is 0. The van der Waals surface area contributed by atoms with Gasteiger partial charge in [-0.3, -0.25) is 0 Å². The first-order chi connectivity index (χ1) is 12.5. The van der Waals surface area contributed by atoms with E-state index in [9.17, 15) is 0 Å². The van der Waals surface area contributed by atoms with Crippen LogP contribution in [0.3, 0.4) is 0 Å². The topological polar surface area (TPSA) is 21.3 Å². The maximum absolute atomic E-state index is 6.19. The Morgan fingerprint density at radius 1 is 0.923 bits per heavy atom. The van der Waals surface area contributed by atoms with Gasteiger partial charge in [-0.2, -0.15) is 0 Å². The van der Waals surface area contributed by atoms with E-state index < -0.39 is 0 Å². The molecule has 0 aliphatic heterocycles. The van der Waals surface area contributed by atoms with Crippen LogP contribution in [0, 0.1) is 13.8 Å². The van der Waals surface area contributed by atoms with Crippen LogP contribution in [0.2, 0.25) is 10.0 Å². The van der Waals surface area contributed by atoms with Gasteiger partial charge in [-0.05, 0) is 55.3 Å². The number of rotatable bonds is 6. The van der Waals surface area contributed by atoms with E-state index in [-0.39, 0.29) is 0 Å². The predicted octanol–water partition coefficient (Wildman–Crippen LogP) is 6.80. The van der Waals surface area contributed by atoms with E-state index in [0.717, 1.165) is 33.1 Å². The van der Waals surface area contributed by atoms with Crippen molar-refractivity contribution in [3.05, 3.63) is 93.0 Å². The van der Waals surface area contributed by atoms with E-state index in [4.69, 9.17) is 27.9 Å². The zero-order valence-corrected chi connectivity index (χ0v) is 16.4. The maximum atomic E-state index is 6.19. The predicted molar refractivity (Wildman–Crippen MR) is 110 cm³/mol. The SMILES string of the molecule is Cc1ccc(COc2ccc(Cl)cc2CNc2cccc(Cl)c2C)cc1. The van der Waals surface area contributed by atoms with Crippen molar-refractivity contribution < 1.29 is 4.74 Å². The molecule has 4 heteroatoms. The molecule has 0 heterocycles. The average Bonchev–Trinajstić information content (AvgIpc) is 2.63. The van der Waals surface area contributed by atoms with Crippen molar-refractivity contribution in [1.29, 1.82) is 0 Å². The maximum Gasteiger partial charge on any atom is 0.124 e. The number of anilines is 1. The van der Waals surface area contributed by atoms with Crippen LogP contribution in [0.4, 0.5) is 5.69 Å². The molecule has 0 amide bonds. The van der Waals surface area contributed by atoms with Crippen molar-refractivity contribution in [1.82, 2.24) is 0 Å². The molecule has 0 fully saturated rings. The molecule has 26 heavy (non-hydrogen) atoms. The molecule has 0 saturated heterocycles. The van der Waals surface area contributed by atoms with Gasteiger partial charge in [-0.15, -0.1) is 0 Å². The molecule has 0 spiro atoms. The second kappa shape index (κ2) is 8.48. The zero-order chi connectivity index (χ0) is 18.5. The fraction of sp³-hybridized carbons (Fsp3) is 0.182. The summed E-state index contributed by atoms with van der Waals surface area (Å²) in [6.45, 7) is 5.19. The fourth-order valence-corrected chi connectivity index (χ4v) is 3.03. The van der Waals surface area contributed by atoms with E-state index in [1.165, 1.54) is 5.56 Å². The molecule has 3 aromatic rings. The van der Waals surface area contributed by atoms with Crippen molar-refractivity contribution in [2.75, 3.05) is 5.32 Å². The van der Waals surface area contributed by atoms with E-state index in [1.807, 2.05) is 43.3 Å². The Kier molecular flexibility index (Phi) is 6.08. The molecule has 0 saturated carbocycles. The van der Waals surface area contributed by atoms with E-state index in [2.05, 4.69) is 36.5 Å². The van der Waals surface area contributed by atoms with Crippen molar-refractivity contribution >= 4 is 28.9 Å². The number of hydrogen-bond acceptors (Lipinski definition) is 2. The first-order valence-electron chi connectivity index (χ1n) is 8.48. The minimum atomic E-state index is 0.519. The number of benzene rings is 3. The molecule has 0 atom stereocenters. The zero-order valence-electron chi connectivity index (χ0n) is 14.9. The summed E-state index contributed by atoms with van der Waals surface area (Å²) in [5, 5.41) is 4.85. The van der Waals surface area contributed by atoms with Gasteiger partial charge in [0.1, 0.15) is 12.4 Å². The van der Waals surface area contributed by atoms with Crippen molar-refractivity contribution in [2.24, 2.45) is 0 Å². The Bertz CT molecular complexity index is 891. The lowest BCUT2D eigenvalue weighted by Gasteiger charge is -2.15. The van der Waals surface area contributed by atoms with Crippen molar-refractivity contribution in [3.63, 3.8) is 0 Å². The Hall–Kier alpha value is -2.16. The quantitative estimate of drug-likeness (QED) is 0.503. The van der Waals surface area contributed by atoms with Crippen LogP contribution in [-0.4, -0.2) is 0 Å².